The Morgan fingerprint density at radius 2 is 1.78 bits per heavy atom. The SMILES string of the molecule is CC(C)CCN(CCCCNC(C)(C)C)C1CC1. The first kappa shape index (κ1) is 16.0. The van der Waals surface area contributed by atoms with E-state index in [1.807, 2.05) is 0 Å². The molecule has 1 saturated carbocycles. The zero-order chi connectivity index (χ0) is 13.6. The van der Waals surface area contributed by atoms with Crippen LogP contribution >= 0.6 is 0 Å². The number of hydrogen-bond donors (Lipinski definition) is 1. The smallest absolute Gasteiger partial charge is 0.00965 e. The van der Waals surface area contributed by atoms with Gasteiger partial charge in [0, 0.05) is 11.6 Å². The second-order valence-electron chi connectivity index (χ2n) is 7.33. The third-order valence-electron chi connectivity index (χ3n) is 3.58. The first-order valence-corrected chi connectivity index (χ1v) is 7.87. The number of hydrogen-bond acceptors (Lipinski definition) is 2. The summed E-state index contributed by atoms with van der Waals surface area (Å²) in [4.78, 5) is 2.73. The van der Waals surface area contributed by atoms with E-state index in [4.69, 9.17) is 0 Å². The van der Waals surface area contributed by atoms with Crippen LogP contribution in [0.4, 0.5) is 0 Å². The maximum atomic E-state index is 3.57. The van der Waals surface area contributed by atoms with E-state index in [9.17, 15) is 0 Å². The Kier molecular flexibility index (Phi) is 6.65. The highest BCUT2D eigenvalue weighted by molar-refractivity contribution is 4.84. The van der Waals surface area contributed by atoms with E-state index in [-0.39, 0.29) is 5.54 Å². The summed E-state index contributed by atoms with van der Waals surface area (Å²) in [6.45, 7) is 15.2. The van der Waals surface area contributed by atoms with Gasteiger partial charge in [-0.2, -0.15) is 0 Å². The highest BCUT2D eigenvalue weighted by atomic mass is 15.2. The van der Waals surface area contributed by atoms with Gasteiger partial charge in [-0.3, -0.25) is 0 Å². The molecule has 0 bridgehead atoms. The largest absolute Gasteiger partial charge is 0.312 e. The molecular formula is C16H34N2. The van der Waals surface area contributed by atoms with Crippen molar-refractivity contribution in [3.8, 4) is 0 Å². The van der Waals surface area contributed by atoms with Crippen molar-refractivity contribution in [2.45, 2.75) is 78.3 Å². The molecule has 0 radical (unpaired) electrons. The van der Waals surface area contributed by atoms with E-state index >= 15 is 0 Å². The van der Waals surface area contributed by atoms with E-state index in [2.05, 4.69) is 44.8 Å². The van der Waals surface area contributed by atoms with Gasteiger partial charge in [0.1, 0.15) is 0 Å². The van der Waals surface area contributed by atoms with Gasteiger partial charge in [0.2, 0.25) is 0 Å². The Morgan fingerprint density at radius 3 is 2.28 bits per heavy atom. The summed E-state index contributed by atoms with van der Waals surface area (Å²) in [5.41, 5.74) is 0.272. The lowest BCUT2D eigenvalue weighted by molar-refractivity contribution is 0.241. The van der Waals surface area contributed by atoms with Crippen LogP contribution < -0.4 is 5.32 Å². The molecule has 0 unspecified atom stereocenters. The van der Waals surface area contributed by atoms with Gasteiger partial charge in [-0.15, -0.1) is 0 Å². The van der Waals surface area contributed by atoms with E-state index in [0.29, 0.717) is 0 Å². The molecule has 0 aromatic rings. The lowest BCUT2D eigenvalue weighted by Gasteiger charge is -2.24. The molecule has 0 aromatic carbocycles. The Morgan fingerprint density at radius 1 is 1.11 bits per heavy atom. The zero-order valence-corrected chi connectivity index (χ0v) is 13.3. The number of nitrogens with one attached hydrogen (secondary N) is 1. The van der Waals surface area contributed by atoms with Crippen LogP contribution in [-0.2, 0) is 0 Å². The van der Waals surface area contributed by atoms with Crippen molar-refractivity contribution in [1.29, 1.82) is 0 Å². The normalized spacial score (nSPS) is 16.8. The van der Waals surface area contributed by atoms with Gasteiger partial charge in [-0.25, -0.2) is 0 Å². The van der Waals surface area contributed by atoms with Gasteiger partial charge in [0.05, 0.1) is 0 Å². The lowest BCUT2D eigenvalue weighted by Crippen LogP contribution is -2.36. The summed E-state index contributed by atoms with van der Waals surface area (Å²) in [7, 11) is 0. The molecule has 0 atom stereocenters. The Labute approximate surface area is 115 Å². The monoisotopic (exact) mass is 254 g/mol. The van der Waals surface area contributed by atoms with Crippen molar-refractivity contribution in [2.75, 3.05) is 19.6 Å². The minimum atomic E-state index is 0.272. The molecule has 1 rings (SSSR count). The van der Waals surface area contributed by atoms with E-state index in [0.717, 1.165) is 18.5 Å². The van der Waals surface area contributed by atoms with Crippen LogP contribution in [0.3, 0.4) is 0 Å². The van der Waals surface area contributed by atoms with Gasteiger partial charge in [-0.05, 0) is 78.4 Å². The minimum Gasteiger partial charge on any atom is -0.312 e. The summed E-state index contributed by atoms with van der Waals surface area (Å²) >= 11 is 0. The zero-order valence-electron chi connectivity index (χ0n) is 13.3. The van der Waals surface area contributed by atoms with E-state index in [1.165, 1.54) is 45.2 Å². The van der Waals surface area contributed by atoms with Gasteiger partial charge < -0.3 is 10.2 Å². The Hall–Kier alpha value is -0.0800. The van der Waals surface area contributed by atoms with Crippen LogP contribution in [0.1, 0.15) is 66.7 Å². The molecule has 0 saturated heterocycles. The molecule has 1 aliphatic rings. The van der Waals surface area contributed by atoms with Crippen molar-refractivity contribution >= 4 is 0 Å². The Balaban J connectivity index is 2.07. The molecule has 1 aliphatic carbocycles. The van der Waals surface area contributed by atoms with Crippen LogP contribution in [0.5, 0.6) is 0 Å². The van der Waals surface area contributed by atoms with Gasteiger partial charge >= 0.3 is 0 Å². The van der Waals surface area contributed by atoms with Crippen LogP contribution in [0.25, 0.3) is 0 Å². The number of unbranched alkanes of at least 4 members (excludes halogenated alkanes) is 1. The van der Waals surface area contributed by atoms with Crippen molar-refractivity contribution in [1.82, 2.24) is 10.2 Å². The number of rotatable bonds is 9. The summed E-state index contributed by atoms with van der Waals surface area (Å²) in [5, 5.41) is 3.57. The average molecular weight is 254 g/mol. The second kappa shape index (κ2) is 7.49. The molecule has 2 heteroatoms. The molecule has 1 N–H and O–H groups in total. The lowest BCUT2D eigenvalue weighted by atomic mass is 10.1. The maximum Gasteiger partial charge on any atom is 0.00965 e. The molecule has 0 spiro atoms. The quantitative estimate of drug-likeness (QED) is 0.632. The van der Waals surface area contributed by atoms with Crippen LogP contribution in [0.15, 0.2) is 0 Å². The molecule has 0 aliphatic heterocycles. The third kappa shape index (κ3) is 8.10. The summed E-state index contributed by atoms with van der Waals surface area (Å²) in [6.07, 6.45) is 6.90. The number of nitrogens with zero attached hydrogens (tertiary/aromatic N) is 1. The summed E-state index contributed by atoms with van der Waals surface area (Å²) in [5.74, 6) is 0.841. The molecule has 0 heterocycles. The van der Waals surface area contributed by atoms with Gasteiger partial charge in [-0.1, -0.05) is 13.8 Å². The first-order chi connectivity index (χ1) is 8.38. The fourth-order valence-electron chi connectivity index (χ4n) is 2.24. The molecule has 18 heavy (non-hydrogen) atoms. The van der Waals surface area contributed by atoms with Crippen molar-refractivity contribution in [3.63, 3.8) is 0 Å². The highest BCUT2D eigenvalue weighted by Crippen LogP contribution is 2.27. The van der Waals surface area contributed by atoms with Gasteiger partial charge in [0.25, 0.3) is 0 Å². The highest BCUT2D eigenvalue weighted by Gasteiger charge is 2.28. The predicted molar refractivity (Wildman–Crippen MR) is 81.0 cm³/mol. The minimum absolute atomic E-state index is 0.272. The molecule has 2 nitrogen and oxygen atoms in total. The first-order valence-electron chi connectivity index (χ1n) is 7.87. The topological polar surface area (TPSA) is 15.3 Å². The fraction of sp³-hybridized carbons (Fsp3) is 1.00. The molecule has 0 aromatic heterocycles. The fourth-order valence-corrected chi connectivity index (χ4v) is 2.24. The van der Waals surface area contributed by atoms with Crippen LogP contribution in [-0.4, -0.2) is 36.1 Å². The standard InChI is InChI=1S/C16H34N2/c1-14(2)10-13-18(15-8-9-15)12-7-6-11-17-16(3,4)5/h14-15,17H,6-13H2,1-5H3. The predicted octanol–water partition coefficient (Wildman–Crippen LogP) is 3.67. The van der Waals surface area contributed by atoms with Gasteiger partial charge in [0.15, 0.2) is 0 Å². The van der Waals surface area contributed by atoms with Crippen molar-refractivity contribution in [3.05, 3.63) is 0 Å². The van der Waals surface area contributed by atoms with E-state index < -0.39 is 0 Å². The second-order valence-corrected chi connectivity index (χ2v) is 7.33. The third-order valence-corrected chi connectivity index (χ3v) is 3.58. The molecule has 1 fully saturated rings. The van der Waals surface area contributed by atoms with Crippen LogP contribution in [0, 0.1) is 5.92 Å². The van der Waals surface area contributed by atoms with E-state index in [1.54, 1.807) is 0 Å². The van der Waals surface area contributed by atoms with Crippen molar-refractivity contribution in [2.24, 2.45) is 5.92 Å². The molecular weight excluding hydrogens is 220 g/mol. The molecule has 0 amide bonds. The van der Waals surface area contributed by atoms with Crippen molar-refractivity contribution < 1.29 is 0 Å². The Bertz CT molecular complexity index is 214. The van der Waals surface area contributed by atoms with Crippen LogP contribution in [0.2, 0.25) is 0 Å². The maximum absolute atomic E-state index is 3.57. The molecule has 108 valence electrons. The average Bonchev–Trinajstić information content (AvgIpc) is 3.03. The summed E-state index contributed by atoms with van der Waals surface area (Å²) in [6, 6.07) is 0.930. The summed E-state index contributed by atoms with van der Waals surface area (Å²) < 4.78 is 0.